The van der Waals surface area contributed by atoms with Crippen molar-refractivity contribution in [2.75, 3.05) is 6.54 Å². The number of thiazole rings is 1. The van der Waals surface area contributed by atoms with Gasteiger partial charge in [-0.15, -0.1) is 11.3 Å². The second kappa shape index (κ2) is 6.60. The van der Waals surface area contributed by atoms with Crippen LogP contribution in [0.25, 0.3) is 0 Å². The van der Waals surface area contributed by atoms with Crippen molar-refractivity contribution in [1.29, 1.82) is 0 Å². The molecule has 4 nitrogen and oxygen atoms in total. The Morgan fingerprint density at radius 2 is 2.31 bits per heavy atom. The van der Waals surface area contributed by atoms with Gasteiger partial charge in [-0.1, -0.05) is 13.8 Å². The van der Waals surface area contributed by atoms with Gasteiger partial charge in [-0.25, -0.2) is 4.98 Å². The van der Waals surface area contributed by atoms with E-state index in [4.69, 9.17) is 0 Å². The van der Waals surface area contributed by atoms with E-state index in [0.717, 1.165) is 17.1 Å². The highest BCUT2D eigenvalue weighted by Gasteiger charge is 2.04. The van der Waals surface area contributed by atoms with Crippen molar-refractivity contribution in [3.63, 3.8) is 0 Å². The van der Waals surface area contributed by atoms with Gasteiger partial charge in [0.1, 0.15) is 0 Å². The van der Waals surface area contributed by atoms with Crippen molar-refractivity contribution < 1.29 is 4.79 Å². The minimum atomic E-state index is 0.0842. The van der Waals surface area contributed by atoms with Crippen LogP contribution in [0.2, 0.25) is 0 Å². The Hall–Kier alpha value is -0.940. The van der Waals surface area contributed by atoms with Gasteiger partial charge in [0, 0.05) is 23.9 Å². The van der Waals surface area contributed by atoms with E-state index in [2.05, 4.69) is 29.5 Å². The highest BCUT2D eigenvalue weighted by atomic mass is 32.1. The highest BCUT2D eigenvalue weighted by molar-refractivity contribution is 7.09. The van der Waals surface area contributed by atoms with Crippen molar-refractivity contribution in [2.45, 2.75) is 39.8 Å². The molecule has 0 bridgehead atoms. The average Bonchev–Trinajstić information content (AvgIpc) is 2.60. The molecule has 1 aromatic heterocycles. The Balaban J connectivity index is 2.18. The fraction of sp³-hybridized carbons (Fsp3) is 0.636. The smallest absolute Gasteiger partial charge is 0.221 e. The van der Waals surface area contributed by atoms with E-state index in [1.54, 1.807) is 16.8 Å². The summed E-state index contributed by atoms with van der Waals surface area (Å²) in [5, 5.41) is 6.10. The molecular formula is C11H19N3OS. The molecule has 0 fully saturated rings. The maximum absolute atomic E-state index is 11.5. The van der Waals surface area contributed by atoms with Gasteiger partial charge in [-0.2, -0.15) is 0 Å². The lowest BCUT2D eigenvalue weighted by atomic mass is 10.3. The third-order valence-corrected chi connectivity index (χ3v) is 3.13. The van der Waals surface area contributed by atoms with Crippen LogP contribution >= 0.6 is 11.3 Å². The standard InChI is InChI=1S/C11H19N3OS/c1-8(2)12-5-4-11(15)13-6-10-9(3)14-7-16-10/h7-8,12H,4-6H2,1-3H3,(H,13,15). The van der Waals surface area contributed by atoms with Gasteiger partial charge in [0.25, 0.3) is 0 Å². The van der Waals surface area contributed by atoms with Gasteiger partial charge >= 0.3 is 0 Å². The van der Waals surface area contributed by atoms with Crippen LogP contribution in [0.1, 0.15) is 30.8 Å². The summed E-state index contributed by atoms with van der Waals surface area (Å²) in [6.07, 6.45) is 0.524. The van der Waals surface area contributed by atoms with Crippen LogP contribution in [-0.4, -0.2) is 23.5 Å². The van der Waals surface area contributed by atoms with E-state index in [9.17, 15) is 4.79 Å². The van der Waals surface area contributed by atoms with Gasteiger partial charge in [0.15, 0.2) is 0 Å². The molecule has 1 rings (SSSR count). The van der Waals surface area contributed by atoms with Crippen molar-refractivity contribution in [2.24, 2.45) is 0 Å². The van der Waals surface area contributed by atoms with Gasteiger partial charge in [0.05, 0.1) is 17.7 Å². The molecule has 1 heterocycles. The summed E-state index contributed by atoms with van der Waals surface area (Å²) in [5.74, 6) is 0.0842. The number of aromatic nitrogens is 1. The summed E-state index contributed by atoms with van der Waals surface area (Å²) in [7, 11) is 0. The normalized spacial score (nSPS) is 10.8. The molecule has 1 aromatic rings. The number of nitrogens with zero attached hydrogens (tertiary/aromatic N) is 1. The zero-order valence-electron chi connectivity index (χ0n) is 10.0. The molecule has 16 heavy (non-hydrogen) atoms. The summed E-state index contributed by atoms with van der Waals surface area (Å²) in [4.78, 5) is 16.7. The van der Waals surface area contributed by atoms with Crippen LogP contribution in [0, 0.1) is 6.92 Å². The first-order valence-corrected chi connectivity index (χ1v) is 6.36. The predicted octanol–water partition coefficient (Wildman–Crippen LogP) is 1.46. The SMILES string of the molecule is Cc1ncsc1CNC(=O)CCNC(C)C. The summed E-state index contributed by atoms with van der Waals surface area (Å²) in [6.45, 7) is 7.41. The van der Waals surface area contributed by atoms with E-state index < -0.39 is 0 Å². The molecule has 5 heteroatoms. The summed E-state index contributed by atoms with van der Waals surface area (Å²) < 4.78 is 0. The number of nitrogens with one attached hydrogen (secondary N) is 2. The third-order valence-electron chi connectivity index (χ3n) is 2.20. The Morgan fingerprint density at radius 1 is 1.56 bits per heavy atom. The van der Waals surface area contributed by atoms with Crippen LogP contribution in [-0.2, 0) is 11.3 Å². The fourth-order valence-corrected chi connectivity index (χ4v) is 1.95. The molecule has 90 valence electrons. The molecule has 0 saturated carbocycles. The first-order chi connectivity index (χ1) is 7.59. The Morgan fingerprint density at radius 3 is 2.88 bits per heavy atom. The highest BCUT2D eigenvalue weighted by Crippen LogP contribution is 2.10. The maximum atomic E-state index is 11.5. The van der Waals surface area contributed by atoms with Crippen molar-refractivity contribution in [3.05, 3.63) is 16.1 Å². The first kappa shape index (κ1) is 13.1. The number of amides is 1. The Bertz CT molecular complexity index is 336. The molecule has 0 aromatic carbocycles. The number of hydrogen-bond donors (Lipinski definition) is 2. The third kappa shape index (κ3) is 4.72. The molecule has 0 aliphatic carbocycles. The fourth-order valence-electron chi connectivity index (χ4n) is 1.24. The lowest BCUT2D eigenvalue weighted by molar-refractivity contribution is -0.121. The monoisotopic (exact) mass is 241 g/mol. The maximum Gasteiger partial charge on any atom is 0.221 e. The summed E-state index contributed by atoms with van der Waals surface area (Å²) in [6, 6.07) is 0.427. The molecule has 0 aliphatic rings. The van der Waals surface area contributed by atoms with Crippen molar-refractivity contribution >= 4 is 17.2 Å². The van der Waals surface area contributed by atoms with E-state index >= 15 is 0 Å². The number of carbonyl (C=O) groups excluding carboxylic acids is 1. The lowest BCUT2D eigenvalue weighted by Gasteiger charge is -2.08. The largest absolute Gasteiger partial charge is 0.351 e. The summed E-state index contributed by atoms with van der Waals surface area (Å²) in [5.41, 5.74) is 2.81. The van der Waals surface area contributed by atoms with Gasteiger partial charge < -0.3 is 10.6 Å². The second-order valence-electron chi connectivity index (χ2n) is 4.00. The topological polar surface area (TPSA) is 54.0 Å². The van der Waals surface area contributed by atoms with E-state index in [-0.39, 0.29) is 5.91 Å². The first-order valence-electron chi connectivity index (χ1n) is 5.48. The summed E-state index contributed by atoms with van der Waals surface area (Å²) >= 11 is 1.58. The van der Waals surface area contributed by atoms with E-state index in [1.165, 1.54) is 0 Å². The van der Waals surface area contributed by atoms with Crippen LogP contribution < -0.4 is 10.6 Å². The number of rotatable bonds is 6. The van der Waals surface area contributed by atoms with Crippen LogP contribution in [0.15, 0.2) is 5.51 Å². The van der Waals surface area contributed by atoms with Crippen molar-refractivity contribution in [3.8, 4) is 0 Å². The molecule has 2 N–H and O–H groups in total. The molecular weight excluding hydrogens is 222 g/mol. The Labute approximate surface area is 100 Å². The van der Waals surface area contributed by atoms with Crippen LogP contribution in [0.3, 0.4) is 0 Å². The van der Waals surface area contributed by atoms with Gasteiger partial charge in [-0.3, -0.25) is 4.79 Å². The molecule has 0 aliphatic heterocycles. The van der Waals surface area contributed by atoms with Crippen LogP contribution in [0.4, 0.5) is 0 Å². The second-order valence-corrected chi connectivity index (χ2v) is 4.94. The lowest BCUT2D eigenvalue weighted by Crippen LogP contribution is -2.30. The van der Waals surface area contributed by atoms with Gasteiger partial charge in [0.2, 0.25) is 5.91 Å². The molecule has 1 amide bonds. The molecule has 0 atom stereocenters. The minimum absolute atomic E-state index is 0.0842. The average molecular weight is 241 g/mol. The number of carbonyl (C=O) groups is 1. The van der Waals surface area contributed by atoms with E-state index in [1.807, 2.05) is 6.92 Å². The molecule has 0 saturated heterocycles. The minimum Gasteiger partial charge on any atom is -0.351 e. The Kier molecular flexibility index (Phi) is 5.42. The molecule has 0 unspecified atom stereocenters. The molecule has 0 spiro atoms. The number of hydrogen-bond acceptors (Lipinski definition) is 4. The van der Waals surface area contributed by atoms with E-state index in [0.29, 0.717) is 19.0 Å². The quantitative estimate of drug-likeness (QED) is 0.792. The zero-order chi connectivity index (χ0) is 12.0. The predicted molar refractivity (Wildman–Crippen MR) is 66.5 cm³/mol. The zero-order valence-corrected chi connectivity index (χ0v) is 10.9. The van der Waals surface area contributed by atoms with Crippen molar-refractivity contribution in [1.82, 2.24) is 15.6 Å². The van der Waals surface area contributed by atoms with Gasteiger partial charge in [-0.05, 0) is 6.92 Å². The number of aryl methyl sites for hydroxylation is 1. The molecule has 0 radical (unpaired) electrons. The van der Waals surface area contributed by atoms with Crippen LogP contribution in [0.5, 0.6) is 0 Å².